The third-order valence-electron chi connectivity index (χ3n) is 5.58. The largest absolute Gasteiger partial charge is 0.351 e. The zero-order valence-corrected chi connectivity index (χ0v) is 18.8. The molecule has 1 atom stereocenters. The Hall–Kier alpha value is -1.41. The Morgan fingerprint density at radius 2 is 2.17 bits per heavy atom. The average molecular weight is 453 g/mol. The second-order valence-corrected chi connectivity index (χ2v) is 11.5. The lowest BCUT2D eigenvalue weighted by molar-refractivity contribution is 0.0954. The fourth-order valence-corrected chi connectivity index (χ4v) is 7.31. The molecule has 5 nitrogen and oxygen atoms in total. The summed E-state index contributed by atoms with van der Waals surface area (Å²) in [7, 11) is -3.44. The number of nitrogens with one attached hydrogen (secondary N) is 1. The van der Waals surface area contributed by atoms with E-state index in [0.29, 0.717) is 27.6 Å². The van der Waals surface area contributed by atoms with E-state index in [2.05, 4.69) is 17.1 Å². The highest BCUT2D eigenvalue weighted by Gasteiger charge is 2.31. The number of likely N-dealkylation sites (tertiary alicyclic amines) is 1. The van der Waals surface area contributed by atoms with Gasteiger partial charge >= 0.3 is 0 Å². The second kappa shape index (κ2) is 8.38. The van der Waals surface area contributed by atoms with Crippen molar-refractivity contribution >= 4 is 38.7 Å². The molecular formula is C21H25ClN2O3S2. The fraction of sp³-hybridized carbons (Fsp3) is 0.476. The van der Waals surface area contributed by atoms with Gasteiger partial charge in [-0.2, -0.15) is 0 Å². The van der Waals surface area contributed by atoms with Gasteiger partial charge in [0.2, 0.25) is 0 Å². The van der Waals surface area contributed by atoms with Crippen LogP contribution in [-0.4, -0.2) is 45.4 Å². The van der Waals surface area contributed by atoms with Crippen LogP contribution < -0.4 is 5.32 Å². The van der Waals surface area contributed by atoms with Gasteiger partial charge in [-0.25, -0.2) is 8.42 Å². The molecule has 0 bridgehead atoms. The summed E-state index contributed by atoms with van der Waals surface area (Å²) in [6, 6.07) is 6.63. The molecule has 3 heterocycles. The van der Waals surface area contributed by atoms with Crippen molar-refractivity contribution < 1.29 is 13.2 Å². The smallest absolute Gasteiger partial charge is 0.261 e. The maximum absolute atomic E-state index is 12.6. The first-order valence-corrected chi connectivity index (χ1v) is 12.8. The quantitative estimate of drug-likeness (QED) is 0.690. The molecule has 0 aliphatic carbocycles. The molecule has 1 saturated heterocycles. The number of halogens is 1. The summed E-state index contributed by atoms with van der Waals surface area (Å²) >= 11 is 7.34. The van der Waals surface area contributed by atoms with Crippen LogP contribution in [0.4, 0.5) is 0 Å². The van der Waals surface area contributed by atoms with Gasteiger partial charge < -0.3 is 10.2 Å². The maximum Gasteiger partial charge on any atom is 0.261 e. The molecule has 1 aromatic carbocycles. The van der Waals surface area contributed by atoms with Crippen LogP contribution in [0.5, 0.6) is 0 Å². The number of nitrogens with zero attached hydrogens (tertiary/aromatic N) is 1. The van der Waals surface area contributed by atoms with Crippen molar-refractivity contribution in [3.63, 3.8) is 0 Å². The molecule has 0 saturated carbocycles. The van der Waals surface area contributed by atoms with Gasteiger partial charge in [0.05, 0.1) is 15.5 Å². The van der Waals surface area contributed by atoms with Crippen molar-refractivity contribution in [2.24, 2.45) is 5.92 Å². The third-order valence-corrected chi connectivity index (χ3v) is 8.72. The molecule has 1 fully saturated rings. The van der Waals surface area contributed by atoms with E-state index in [-0.39, 0.29) is 16.6 Å². The van der Waals surface area contributed by atoms with Crippen LogP contribution in [0, 0.1) is 5.92 Å². The average Bonchev–Trinajstić information content (AvgIpc) is 3.08. The molecule has 156 valence electrons. The number of sulfone groups is 1. The van der Waals surface area contributed by atoms with Crippen molar-refractivity contribution in [1.82, 2.24) is 10.2 Å². The number of carbonyl (C=O) groups is 1. The molecule has 0 unspecified atom stereocenters. The van der Waals surface area contributed by atoms with Gasteiger partial charge in [-0.15, -0.1) is 11.3 Å². The minimum absolute atomic E-state index is 0.0907. The van der Waals surface area contributed by atoms with Gasteiger partial charge in [0.25, 0.3) is 5.91 Å². The number of rotatable bonds is 5. The Morgan fingerprint density at radius 3 is 2.97 bits per heavy atom. The first-order valence-electron chi connectivity index (χ1n) is 9.99. The molecule has 2 aliphatic rings. The second-order valence-electron chi connectivity index (χ2n) is 8.02. The summed E-state index contributed by atoms with van der Waals surface area (Å²) in [5.41, 5.74) is 1.33. The van der Waals surface area contributed by atoms with Crippen LogP contribution in [0.1, 0.15) is 41.4 Å². The van der Waals surface area contributed by atoms with Gasteiger partial charge in [-0.3, -0.25) is 4.79 Å². The first kappa shape index (κ1) is 20.8. The van der Waals surface area contributed by atoms with E-state index in [1.54, 1.807) is 18.2 Å². The molecule has 8 heteroatoms. The lowest BCUT2D eigenvalue weighted by Gasteiger charge is -2.30. The molecule has 0 radical (unpaired) electrons. The Bertz CT molecular complexity index is 1030. The number of benzene rings is 1. The van der Waals surface area contributed by atoms with E-state index in [0.717, 1.165) is 36.9 Å². The van der Waals surface area contributed by atoms with Crippen LogP contribution in [-0.2, 0) is 15.6 Å². The van der Waals surface area contributed by atoms with E-state index in [9.17, 15) is 13.2 Å². The molecular weight excluding hydrogens is 428 g/mol. The molecule has 1 aromatic heterocycles. The Balaban J connectivity index is 1.41. The lowest BCUT2D eigenvalue weighted by atomic mass is 10.0. The van der Waals surface area contributed by atoms with Crippen LogP contribution in [0.2, 0.25) is 5.02 Å². The molecule has 4 rings (SSSR count). The topological polar surface area (TPSA) is 66.5 Å². The Labute approximate surface area is 181 Å². The Kier molecular flexibility index (Phi) is 6.02. The number of piperidine rings is 1. The first-order chi connectivity index (χ1) is 13.8. The monoisotopic (exact) mass is 452 g/mol. The summed E-state index contributed by atoms with van der Waals surface area (Å²) in [5, 5.41) is 3.38. The lowest BCUT2D eigenvalue weighted by Crippen LogP contribution is -2.36. The number of carbonyl (C=O) groups excluding carboxylic acids is 1. The van der Waals surface area contributed by atoms with Gasteiger partial charge in [0.15, 0.2) is 9.84 Å². The molecule has 1 amide bonds. The molecule has 1 N–H and O–H groups in total. The maximum atomic E-state index is 12.6. The highest BCUT2D eigenvalue weighted by Crippen LogP contribution is 2.43. The fourth-order valence-electron chi connectivity index (χ4n) is 4.18. The van der Waals surface area contributed by atoms with Crippen molar-refractivity contribution in [2.75, 3.05) is 26.2 Å². The summed E-state index contributed by atoms with van der Waals surface area (Å²) in [6.07, 6.45) is 3.48. The Morgan fingerprint density at radius 1 is 1.34 bits per heavy atom. The van der Waals surface area contributed by atoms with Crippen LogP contribution >= 0.6 is 22.9 Å². The highest BCUT2D eigenvalue weighted by atomic mass is 35.5. The number of fused-ring (bicyclic) bond motifs is 3. The van der Waals surface area contributed by atoms with Crippen LogP contribution in [0.25, 0.3) is 10.4 Å². The van der Waals surface area contributed by atoms with Crippen molar-refractivity contribution in [1.29, 1.82) is 0 Å². The van der Waals surface area contributed by atoms with Crippen LogP contribution in [0.15, 0.2) is 29.2 Å². The van der Waals surface area contributed by atoms with Gasteiger partial charge in [-0.1, -0.05) is 24.6 Å². The minimum Gasteiger partial charge on any atom is -0.351 e. The summed E-state index contributed by atoms with van der Waals surface area (Å²) in [6.45, 7) is 6.20. The van der Waals surface area contributed by atoms with E-state index in [4.69, 9.17) is 11.6 Å². The molecule has 2 aliphatic heterocycles. The SMILES string of the molecule is C[C@H]1CCCN(CCCNC(=O)c2cc3c(s2)-c2ccc(Cl)cc2S(=O)(=O)C3)C1. The summed E-state index contributed by atoms with van der Waals surface area (Å²) < 4.78 is 25.2. The van der Waals surface area contributed by atoms with Crippen molar-refractivity contribution in [2.45, 2.75) is 36.8 Å². The summed E-state index contributed by atoms with van der Waals surface area (Å²) in [5.74, 6) is 0.529. The number of thiophene rings is 1. The highest BCUT2D eigenvalue weighted by molar-refractivity contribution is 7.91. The zero-order valence-electron chi connectivity index (χ0n) is 16.4. The molecule has 2 aromatic rings. The van der Waals surface area contributed by atoms with Gasteiger partial charge in [0.1, 0.15) is 0 Å². The summed E-state index contributed by atoms with van der Waals surface area (Å²) in [4.78, 5) is 16.7. The molecule has 29 heavy (non-hydrogen) atoms. The minimum atomic E-state index is -3.44. The molecule has 0 spiro atoms. The predicted octanol–water partition coefficient (Wildman–Crippen LogP) is 4.21. The standard InChI is InChI=1S/C21H25ClN2O3S2/c1-14-4-2-8-24(12-14)9-3-7-23-21(25)18-10-15-13-29(26,27)19-11-16(22)5-6-17(19)20(15)28-18/h5-6,10-11,14H,2-4,7-9,12-13H2,1H3,(H,23,25)/t14-/m0/s1. The number of hydrogen-bond donors (Lipinski definition) is 1. The van der Waals surface area contributed by atoms with E-state index in [1.807, 2.05) is 0 Å². The zero-order chi connectivity index (χ0) is 20.6. The van der Waals surface area contributed by atoms with E-state index < -0.39 is 9.84 Å². The van der Waals surface area contributed by atoms with Crippen molar-refractivity contribution in [3.8, 4) is 10.4 Å². The normalized spacial score (nSPS) is 20.7. The number of hydrogen-bond acceptors (Lipinski definition) is 5. The van der Waals surface area contributed by atoms with Gasteiger partial charge in [-0.05, 0) is 62.0 Å². The van der Waals surface area contributed by atoms with E-state index >= 15 is 0 Å². The predicted molar refractivity (Wildman–Crippen MR) is 117 cm³/mol. The third kappa shape index (κ3) is 4.53. The number of amides is 1. The van der Waals surface area contributed by atoms with Crippen LogP contribution in [0.3, 0.4) is 0 Å². The van der Waals surface area contributed by atoms with Crippen molar-refractivity contribution in [3.05, 3.63) is 39.7 Å². The van der Waals surface area contributed by atoms with Gasteiger partial charge in [0, 0.05) is 28.6 Å². The van der Waals surface area contributed by atoms with E-state index in [1.165, 1.54) is 30.2 Å².